The average Bonchev–Trinajstić information content (AvgIpc) is 2.81. The highest BCUT2D eigenvalue weighted by Gasteiger charge is 2.34. The lowest BCUT2D eigenvalue weighted by Gasteiger charge is -2.41. The van der Waals surface area contributed by atoms with E-state index in [1.165, 1.54) is 0 Å². The second-order valence-corrected chi connectivity index (χ2v) is 7.88. The fraction of sp³-hybridized carbons (Fsp3) is 0.417. The predicted octanol–water partition coefficient (Wildman–Crippen LogP) is 2.61. The highest BCUT2D eigenvalue weighted by molar-refractivity contribution is 5.94. The van der Waals surface area contributed by atoms with Gasteiger partial charge >= 0.3 is 0 Å². The molecule has 30 heavy (non-hydrogen) atoms. The molecule has 0 bridgehead atoms. The number of benzene rings is 2. The van der Waals surface area contributed by atoms with Gasteiger partial charge in [0, 0.05) is 50.5 Å². The van der Waals surface area contributed by atoms with E-state index in [9.17, 15) is 9.59 Å². The van der Waals surface area contributed by atoms with Crippen molar-refractivity contribution in [2.24, 2.45) is 0 Å². The van der Waals surface area contributed by atoms with Gasteiger partial charge in [-0.3, -0.25) is 14.5 Å². The third-order valence-corrected chi connectivity index (χ3v) is 5.99. The molecule has 1 amide bonds. The summed E-state index contributed by atoms with van der Waals surface area (Å²) in [6.45, 7) is 7.43. The van der Waals surface area contributed by atoms with Crippen molar-refractivity contribution < 1.29 is 14.3 Å². The first-order valence-electron chi connectivity index (χ1n) is 10.6. The highest BCUT2D eigenvalue weighted by atomic mass is 16.5. The number of amides is 1. The van der Waals surface area contributed by atoms with Crippen LogP contribution in [0.25, 0.3) is 0 Å². The van der Waals surface area contributed by atoms with Crippen LogP contribution in [-0.4, -0.2) is 74.0 Å². The molecule has 2 fully saturated rings. The molecule has 2 aromatic rings. The lowest BCUT2D eigenvalue weighted by atomic mass is 10.0. The normalized spacial score (nSPS) is 18.8. The molecule has 0 spiro atoms. The van der Waals surface area contributed by atoms with Crippen LogP contribution >= 0.6 is 0 Å². The van der Waals surface area contributed by atoms with Crippen LogP contribution in [0.15, 0.2) is 54.6 Å². The highest BCUT2D eigenvalue weighted by Crippen LogP contribution is 2.27. The van der Waals surface area contributed by atoms with E-state index >= 15 is 0 Å². The van der Waals surface area contributed by atoms with E-state index in [1.807, 2.05) is 47.4 Å². The Labute approximate surface area is 178 Å². The van der Waals surface area contributed by atoms with Gasteiger partial charge in [-0.25, -0.2) is 0 Å². The number of rotatable bonds is 5. The lowest BCUT2D eigenvalue weighted by molar-refractivity contribution is -0.141. The van der Waals surface area contributed by atoms with E-state index < -0.39 is 0 Å². The number of hydrogen-bond donors (Lipinski definition) is 0. The molecule has 2 heterocycles. The minimum atomic E-state index is -0.258. The molecule has 1 unspecified atom stereocenters. The average molecular weight is 408 g/mol. The quantitative estimate of drug-likeness (QED) is 0.714. The van der Waals surface area contributed by atoms with E-state index in [2.05, 4.69) is 21.9 Å². The minimum absolute atomic E-state index is 0.0821. The first kappa shape index (κ1) is 20.6. The predicted molar refractivity (Wildman–Crippen MR) is 117 cm³/mol. The number of nitrogens with zero attached hydrogens (tertiary/aromatic N) is 3. The van der Waals surface area contributed by atoms with E-state index in [1.54, 1.807) is 6.92 Å². The summed E-state index contributed by atoms with van der Waals surface area (Å²) in [5.74, 6) is 0.252. The minimum Gasteiger partial charge on any atom is -0.378 e. The number of piperazine rings is 1. The van der Waals surface area contributed by atoms with Crippen LogP contribution in [0, 0.1) is 0 Å². The zero-order valence-electron chi connectivity index (χ0n) is 17.5. The number of morpholine rings is 1. The smallest absolute Gasteiger partial charge is 0.244 e. The molecule has 0 N–H and O–H groups in total. The van der Waals surface area contributed by atoms with Gasteiger partial charge in [0.05, 0.1) is 13.2 Å². The van der Waals surface area contributed by atoms with Gasteiger partial charge in [-0.1, -0.05) is 30.3 Å². The van der Waals surface area contributed by atoms with Crippen LogP contribution in [0.2, 0.25) is 0 Å². The Morgan fingerprint density at radius 2 is 1.47 bits per heavy atom. The number of ketones is 1. The Bertz CT molecular complexity index is 855. The van der Waals surface area contributed by atoms with Gasteiger partial charge in [-0.15, -0.1) is 0 Å². The van der Waals surface area contributed by atoms with Gasteiger partial charge in [0.2, 0.25) is 5.91 Å². The first-order chi connectivity index (χ1) is 14.6. The van der Waals surface area contributed by atoms with Crippen LogP contribution in [0.4, 0.5) is 5.69 Å². The molecule has 2 aliphatic rings. The Morgan fingerprint density at radius 3 is 2.07 bits per heavy atom. The van der Waals surface area contributed by atoms with Gasteiger partial charge in [0.1, 0.15) is 6.04 Å². The maximum atomic E-state index is 13.4. The number of hydrogen-bond acceptors (Lipinski definition) is 5. The summed E-state index contributed by atoms with van der Waals surface area (Å²) >= 11 is 0. The van der Waals surface area contributed by atoms with Crippen LogP contribution in [0.1, 0.15) is 28.9 Å². The van der Waals surface area contributed by atoms with Crippen molar-refractivity contribution in [1.29, 1.82) is 0 Å². The third kappa shape index (κ3) is 4.55. The van der Waals surface area contributed by atoms with Crippen molar-refractivity contribution in [1.82, 2.24) is 9.80 Å². The van der Waals surface area contributed by atoms with E-state index in [4.69, 9.17) is 4.74 Å². The van der Waals surface area contributed by atoms with Gasteiger partial charge in [-0.2, -0.15) is 0 Å². The lowest BCUT2D eigenvalue weighted by Crippen LogP contribution is -2.53. The molecular weight excluding hydrogens is 378 g/mol. The molecular formula is C24H29N3O3. The van der Waals surface area contributed by atoms with E-state index in [0.717, 1.165) is 43.0 Å². The second kappa shape index (κ2) is 9.41. The molecule has 1 atom stereocenters. The van der Waals surface area contributed by atoms with E-state index in [0.29, 0.717) is 26.3 Å². The van der Waals surface area contributed by atoms with Crippen LogP contribution in [0.3, 0.4) is 0 Å². The molecule has 6 nitrogen and oxygen atoms in total. The number of Topliss-reactive ketones (excluding diaryl/α,β-unsaturated/α-hetero) is 1. The zero-order chi connectivity index (χ0) is 20.9. The summed E-state index contributed by atoms with van der Waals surface area (Å²) in [6, 6.07) is 17.6. The van der Waals surface area contributed by atoms with Crippen molar-refractivity contribution in [2.45, 2.75) is 13.0 Å². The standard InChI is InChI=1S/C24H29N3O3/c1-19(28)20-7-9-22(10-8-20)25-11-13-26(14-12-25)23(21-5-3-2-4-6-21)24(29)27-15-17-30-18-16-27/h2-10,23H,11-18H2,1H3. The fourth-order valence-corrected chi connectivity index (χ4v) is 4.25. The summed E-state index contributed by atoms with van der Waals surface area (Å²) < 4.78 is 5.43. The Kier molecular flexibility index (Phi) is 6.45. The molecule has 0 saturated carbocycles. The summed E-state index contributed by atoms with van der Waals surface area (Å²) in [4.78, 5) is 31.5. The van der Waals surface area contributed by atoms with Crippen LogP contribution < -0.4 is 4.90 Å². The molecule has 2 aliphatic heterocycles. The largest absolute Gasteiger partial charge is 0.378 e. The molecule has 6 heteroatoms. The number of anilines is 1. The van der Waals surface area contributed by atoms with Gasteiger partial charge < -0.3 is 14.5 Å². The number of carbonyl (C=O) groups excluding carboxylic acids is 2. The van der Waals surface area contributed by atoms with Gasteiger partial charge in [0.25, 0.3) is 0 Å². The molecule has 2 aromatic carbocycles. The summed E-state index contributed by atoms with van der Waals surface area (Å²) in [5.41, 5.74) is 2.90. The Hall–Kier alpha value is -2.70. The Morgan fingerprint density at radius 1 is 0.833 bits per heavy atom. The van der Waals surface area contributed by atoms with Crippen molar-refractivity contribution in [2.75, 3.05) is 57.4 Å². The summed E-state index contributed by atoms with van der Waals surface area (Å²) in [6.07, 6.45) is 0. The van der Waals surface area contributed by atoms with Crippen molar-refractivity contribution in [3.8, 4) is 0 Å². The monoisotopic (exact) mass is 407 g/mol. The molecule has 4 rings (SSSR count). The van der Waals surface area contributed by atoms with E-state index in [-0.39, 0.29) is 17.7 Å². The molecule has 2 saturated heterocycles. The van der Waals surface area contributed by atoms with Gasteiger partial charge in [-0.05, 0) is 36.8 Å². The van der Waals surface area contributed by atoms with Crippen LogP contribution in [0.5, 0.6) is 0 Å². The van der Waals surface area contributed by atoms with Crippen molar-refractivity contribution in [3.05, 3.63) is 65.7 Å². The van der Waals surface area contributed by atoms with Crippen LogP contribution in [-0.2, 0) is 9.53 Å². The SMILES string of the molecule is CC(=O)c1ccc(N2CCN(C(C(=O)N3CCOCC3)c3ccccc3)CC2)cc1. The summed E-state index contributed by atoms with van der Waals surface area (Å²) in [7, 11) is 0. The molecule has 158 valence electrons. The second-order valence-electron chi connectivity index (χ2n) is 7.88. The zero-order valence-corrected chi connectivity index (χ0v) is 17.5. The van der Waals surface area contributed by atoms with Gasteiger partial charge in [0.15, 0.2) is 5.78 Å². The summed E-state index contributed by atoms with van der Waals surface area (Å²) in [5, 5.41) is 0. The Balaban J connectivity index is 1.47. The number of carbonyl (C=O) groups is 2. The fourth-order valence-electron chi connectivity index (χ4n) is 4.25. The topological polar surface area (TPSA) is 53.1 Å². The molecule has 0 aromatic heterocycles. The van der Waals surface area contributed by atoms with Crippen molar-refractivity contribution >= 4 is 17.4 Å². The molecule has 0 radical (unpaired) electrons. The maximum absolute atomic E-state index is 13.4. The molecule has 0 aliphatic carbocycles. The van der Waals surface area contributed by atoms with Crippen molar-refractivity contribution in [3.63, 3.8) is 0 Å². The first-order valence-corrected chi connectivity index (χ1v) is 10.6. The number of ether oxygens (including phenoxy) is 1. The maximum Gasteiger partial charge on any atom is 0.244 e. The third-order valence-electron chi connectivity index (χ3n) is 5.99.